The molecule has 1 aliphatic rings. The standard InChI is InChI=1S/C50H89N3O4S/c1-5-7-9-11-13-15-16-17-18-19-20-21-23-25-29-34-45(54)42-47-49(50(55)51-36-33-37-52(3)4)46-35-38-53(43-48(46)58-47)44-57-41-32-28-27-31-40-56-39-30-26-24-22-14-12-10-8-6-2/h13,15,17-18H,5-12,14,16,19-44H2,1-4H3,(H,51,55)/b15-13-,18-17-. The average Bonchev–Trinajstić information content (AvgIpc) is 3.57. The lowest BCUT2D eigenvalue weighted by Gasteiger charge is -2.26. The van der Waals surface area contributed by atoms with Crippen molar-refractivity contribution in [2.24, 2.45) is 0 Å². The number of rotatable bonds is 40. The Bertz CT molecular complexity index is 1210. The molecule has 8 heteroatoms. The summed E-state index contributed by atoms with van der Waals surface area (Å²) in [4.78, 5) is 33.5. The van der Waals surface area contributed by atoms with Crippen LogP contribution in [-0.2, 0) is 33.7 Å². The van der Waals surface area contributed by atoms with Crippen molar-refractivity contribution in [3.8, 4) is 0 Å². The summed E-state index contributed by atoms with van der Waals surface area (Å²) in [5.41, 5.74) is 1.95. The number of carbonyl (C=O) groups is 2. The molecule has 7 nitrogen and oxygen atoms in total. The Balaban J connectivity index is 1.65. The van der Waals surface area contributed by atoms with Gasteiger partial charge in [-0.05, 0) is 96.8 Å². The van der Waals surface area contributed by atoms with Crippen molar-refractivity contribution in [2.45, 2.75) is 200 Å². The minimum absolute atomic E-state index is 0.00491. The summed E-state index contributed by atoms with van der Waals surface area (Å²) in [7, 11) is 4.11. The number of fused-ring (bicyclic) bond motifs is 1. The zero-order valence-corrected chi connectivity index (χ0v) is 39.0. The van der Waals surface area contributed by atoms with E-state index in [1.807, 2.05) is 0 Å². The molecule has 2 rings (SSSR count). The molecule has 1 N–H and O–H groups in total. The van der Waals surface area contributed by atoms with Crippen molar-refractivity contribution >= 4 is 23.0 Å². The molecule has 0 atom stereocenters. The summed E-state index contributed by atoms with van der Waals surface area (Å²) in [6.07, 6.45) is 41.7. The second kappa shape index (κ2) is 37.0. The van der Waals surface area contributed by atoms with E-state index in [0.717, 1.165) is 107 Å². The molecule has 0 saturated heterocycles. The number of Topliss-reactive ketones (excluding diaryl/α,β-unsaturated/α-hetero) is 1. The van der Waals surface area contributed by atoms with Crippen molar-refractivity contribution in [2.75, 3.05) is 60.3 Å². The highest BCUT2D eigenvalue weighted by Crippen LogP contribution is 2.34. The molecule has 1 aliphatic heterocycles. The van der Waals surface area contributed by atoms with Crippen LogP contribution < -0.4 is 5.32 Å². The van der Waals surface area contributed by atoms with Gasteiger partial charge in [0.2, 0.25) is 0 Å². The molecule has 334 valence electrons. The zero-order valence-electron chi connectivity index (χ0n) is 38.2. The maximum atomic E-state index is 13.6. The van der Waals surface area contributed by atoms with Crippen LogP contribution in [0.4, 0.5) is 0 Å². The average molecular weight is 828 g/mol. The highest BCUT2D eigenvalue weighted by molar-refractivity contribution is 7.12. The maximum Gasteiger partial charge on any atom is 0.252 e. The summed E-state index contributed by atoms with van der Waals surface area (Å²) in [6.45, 7) is 11.0. The summed E-state index contributed by atoms with van der Waals surface area (Å²) in [5.74, 6) is 0.256. The normalized spacial score (nSPS) is 13.4. The van der Waals surface area contributed by atoms with E-state index in [-0.39, 0.29) is 11.7 Å². The van der Waals surface area contributed by atoms with Gasteiger partial charge < -0.3 is 19.7 Å². The molecule has 1 aromatic heterocycles. The molecule has 1 amide bonds. The Morgan fingerprint density at radius 1 is 0.690 bits per heavy atom. The van der Waals surface area contributed by atoms with E-state index in [1.54, 1.807) is 11.3 Å². The fraction of sp³-hybridized carbons (Fsp3) is 0.800. The van der Waals surface area contributed by atoms with Gasteiger partial charge in [0.1, 0.15) is 5.78 Å². The summed E-state index contributed by atoms with van der Waals surface area (Å²) < 4.78 is 12.0. The third-order valence-corrected chi connectivity index (χ3v) is 12.5. The van der Waals surface area contributed by atoms with Gasteiger partial charge in [-0.15, -0.1) is 11.3 Å². The minimum Gasteiger partial charge on any atom is -0.381 e. The number of hydrogen-bond acceptors (Lipinski definition) is 7. The van der Waals surface area contributed by atoms with Crippen molar-refractivity contribution in [3.05, 3.63) is 45.2 Å². The van der Waals surface area contributed by atoms with Gasteiger partial charge in [0.05, 0.1) is 12.3 Å². The molecule has 58 heavy (non-hydrogen) atoms. The monoisotopic (exact) mass is 828 g/mol. The van der Waals surface area contributed by atoms with E-state index in [4.69, 9.17) is 9.47 Å². The lowest BCUT2D eigenvalue weighted by molar-refractivity contribution is -0.118. The highest BCUT2D eigenvalue weighted by atomic mass is 32.1. The van der Waals surface area contributed by atoms with Gasteiger partial charge in [0, 0.05) is 62.1 Å². The first kappa shape index (κ1) is 52.3. The molecular weight excluding hydrogens is 739 g/mol. The Morgan fingerprint density at radius 3 is 1.88 bits per heavy atom. The summed E-state index contributed by atoms with van der Waals surface area (Å²) in [5, 5.41) is 3.18. The number of unbranched alkanes of at least 4 members (excludes halogenated alkanes) is 19. The number of nitrogens with one attached hydrogen (secondary N) is 1. The first-order valence-corrected chi connectivity index (χ1v) is 25.0. The molecule has 0 spiro atoms. The van der Waals surface area contributed by atoms with Gasteiger partial charge in [-0.25, -0.2) is 0 Å². The van der Waals surface area contributed by atoms with E-state index in [1.165, 1.54) is 120 Å². The molecule has 2 heterocycles. The molecule has 0 bridgehead atoms. The Labute approximate surface area is 361 Å². The number of nitrogens with zero attached hydrogens (tertiary/aromatic N) is 2. The number of amides is 1. The molecule has 0 radical (unpaired) electrons. The Morgan fingerprint density at radius 2 is 1.24 bits per heavy atom. The predicted molar refractivity (Wildman–Crippen MR) is 249 cm³/mol. The SMILES string of the molecule is CCCCC/C=C\C/C=C\CCCCCCCC(=O)Cc1sc2c(c1C(=O)NCCCN(C)C)CCN(COCCCCCCOCCCCCCCCCCC)C2. The lowest BCUT2D eigenvalue weighted by atomic mass is 9.98. The second-order valence-electron chi connectivity index (χ2n) is 17.1. The third kappa shape index (κ3) is 27.1. The number of ether oxygens (including phenoxy) is 2. The number of ketones is 1. The fourth-order valence-electron chi connectivity index (χ4n) is 7.67. The molecule has 0 unspecified atom stereocenters. The van der Waals surface area contributed by atoms with Crippen LogP contribution >= 0.6 is 11.3 Å². The number of allylic oxidation sites excluding steroid dienone is 4. The second-order valence-corrected chi connectivity index (χ2v) is 18.3. The number of hydrogen-bond donors (Lipinski definition) is 1. The largest absolute Gasteiger partial charge is 0.381 e. The first-order valence-electron chi connectivity index (χ1n) is 24.2. The van der Waals surface area contributed by atoms with Crippen LogP contribution in [0.3, 0.4) is 0 Å². The number of thiophene rings is 1. The highest BCUT2D eigenvalue weighted by Gasteiger charge is 2.28. The van der Waals surface area contributed by atoms with Gasteiger partial charge in [0.15, 0.2) is 0 Å². The fourth-order valence-corrected chi connectivity index (χ4v) is 9.09. The minimum atomic E-state index is -0.00491. The van der Waals surface area contributed by atoms with E-state index >= 15 is 0 Å². The lowest BCUT2D eigenvalue weighted by Crippen LogP contribution is -2.33. The smallest absolute Gasteiger partial charge is 0.252 e. The quantitative estimate of drug-likeness (QED) is 0.0525. The maximum absolute atomic E-state index is 13.6. The van der Waals surface area contributed by atoms with Crippen molar-refractivity contribution < 1.29 is 19.1 Å². The van der Waals surface area contributed by atoms with Crippen molar-refractivity contribution in [1.82, 2.24) is 15.1 Å². The molecular formula is C50H89N3O4S. The van der Waals surface area contributed by atoms with Crippen LogP contribution in [0, 0.1) is 0 Å². The van der Waals surface area contributed by atoms with Crippen molar-refractivity contribution in [3.63, 3.8) is 0 Å². The van der Waals surface area contributed by atoms with Gasteiger partial charge in [-0.2, -0.15) is 0 Å². The van der Waals surface area contributed by atoms with Gasteiger partial charge >= 0.3 is 0 Å². The molecule has 0 fully saturated rings. The van der Waals surface area contributed by atoms with Crippen LogP contribution in [-0.4, -0.2) is 81.8 Å². The van der Waals surface area contributed by atoms with Crippen LogP contribution in [0.1, 0.15) is 206 Å². The zero-order chi connectivity index (χ0) is 41.7. The molecule has 0 saturated carbocycles. The van der Waals surface area contributed by atoms with Gasteiger partial charge in [0.25, 0.3) is 5.91 Å². The van der Waals surface area contributed by atoms with Crippen LogP contribution in [0.2, 0.25) is 0 Å². The van der Waals surface area contributed by atoms with E-state index in [2.05, 4.69) is 67.4 Å². The molecule has 1 aromatic rings. The topological polar surface area (TPSA) is 71.1 Å². The van der Waals surface area contributed by atoms with Crippen molar-refractivity contribution in [1.29, 1.82) is 0 Å². The van der Waals surface area contributed by atoms with Gasteiger partial charge in [-0.1, -0.05) is 134 Å². The summed E-state index contributed by atoms with van der Waals surface area (Å²) >= 11 is 1.69. The molecule has 0 aromatic carbocycles. The van der Waals surface area contributed by atoms with Crippen LogP contribution in [0.5, 0.6) is 0 Å². The molecule has 0 aliphatic carbocycles. The van der Waals surface area contributed by atoms with Crippen LogP contribution in [0.15, 0.2) is 24.3 Å². The van der Waals surface area contributed by atoms with Gasteiger partial charge in [-0.3, -0.25) is 14.5 Å². The summed E-state index contributed by atoms with van der Waals surface area (Å²) in [6, 6.07) is 0. The van der Waals surface area contributed by atoms with E-state index in [0.29, 0.717) is 26.1 Å². The Hall–Kier alpha value is -1.84. The van der Waals surface area contributed by atoms with E-state index < -0.39 is 0 Å². The third-order valence-electron chi connectivity index (χ3n) is 11.3. The Kier molecular flexibility index (Phi) is 33.3. The van der Waals surface area contributed by atoms with E-state index in [9.17, 15) is 9.59 Å². The number of carbonyl (C=O) groups excluding carboxylic acids is 2. The predicted octanol–water partition coefficient (Wildman–Crippen LogP) is 12.8. The first-order chi connectivity index (χ1) is 28.5. The van der Waals surface area contributed by atoms with Crippen LogP contribution in [0.25, 0.3) is 0 Å².